The Bertz CT molecular complexity index is 1440. The highest BCUT2D eigenvalue weighted by molar-refractivity contribution is 7.12. The molecule has 1 heterocycles. The molecule has 4 saturated carbocycles. The molecule has 4 fully saturated rings. The summed E-state index contributed by atoms with van der Waals surface area (Å²) in [6.07, 6.45) is 9.37. The van der Waals surface area contributed by atoms with Crippen LogP contribution in [-0.4, -0.2) is 47.8 Å². The summed E-state index contributed by atoms with van der Waals surface area (Å²) in [4.78, 5) is 52.4. The van der Waals surface area contributed by atoms with Crippen molar-refractivity contribution in [3.8, 4) is 0 Å². The van der Waals surface area contributed by atoms with E-state index in [-0.39, 0.29) is 52.3 Å². The Morgan fingerprint density at radius 3 is 2.33 bits per heavy atom. The van der Waals surface area contributed by atoms with Crippen molar-refractivity contribution in [2.24, 2.45) is 51.2 Å². The van der Waals surface area contributed by atoms with Crippen LogP contribution in [0, 0.1) is 51.2 Å². The number of carbonyl (C=O) groups excluding carboxylic acids is 4. The number of thiophene rings is 1. The van der Waals surface area contributed by atoms with Crippen LogP contribution in [0.15, 0.2) is 28.7 Å². The molecule has 1 aromatic rings. The molecule has 0 aromatic carbocycles. The predicted molar refractivity (Wildman–Crippen MR) is 189 cm³/mol. The van der Waals surface area contributed by atoms with Crippen LogP contribution in [0.5, 0.6) is 0 Å². The fourth-order valence-electron chi connectivity index (χ4n) is 11.9. The number of aldehydes is 1. The number of rotatable bonds is 7. The molecule has 1 aromatic heterocycles. The van der Waals surface area contributed by atoms with Crippen LogP contribution in [0.25, 0.3) is 0 Å². The molecule has 0 spiro atoms. The minimum Gasteiger partial charge on any atom is -0.462 e. The molecule has 2 N–H and O–H groups in total. The molecule has 266 valence electrons. The standard InChI is InChI=1S/C39H55NO5S.CH4O/c1-23(2)32-26(42)20-39(40-34(44)27-10-9-19-46-27)18-13-25-24(33(32)39)11-12-29-37(25,7)16-14-28-36(5,6)30(15-17-38(28,29)8)45-31(43)21-35(3,4)22-41;1-2/h9-10,19,22-25,28-30H,11-18,20-21H2,1-8H3,(H,40,44);2H,1H3. The Kier molecular flexibility index (Phi) is 10.1. The number of allylic oxidation sites excluding steroid dienone is 1. The predicted octanol–water partition coefficient (Wildman–Crippen LogP) is 7.96. The summed E-state index contributed by atoms with van der Waals surface area (Å²) in [6, 6.07) is 3.79. The number of Topliss-reactive ketones (excluding diaryl/α,β-unsaturated/α-hetero) is 1. The third-order valence-corrected chi connectivity index (χ3v) is 14.7. The van der Waals surface area contributed by atoms with Gasteiger partial charge in [-0.15, -0.1) is 11.3 Å². The van der Waals surface area contributed by atoms with E-state index in [2.05, 4.69) is 46.9 Å². The largest absolute Gasteiger partial charge is 0.462 e. The zero-order chi connectivity index (χ0) is 35.4. The normalized spacial score (nSPS) is 36.9. The van der Waals surface area contributed by atoms with Crippen LogP contribution in [0.3, 0.4) is 0 Å². The second kappa shape index (κ2) is 13.1. The van der Waals surface area contributed by atoms with Gasteiger partial charge in [-0.25, -0.2) is 0 Å². The topological polar surface area (TPSA) is 110 Å². The van der Waals surface area contributed by atoms with Crippen molar-refractivity contribution in [2.45, 2.75) is 131 Å². The Labute approximate surface area is 292 Å². The summed E-state index contributed by atoms with van der Waals surface area (Å²) in [5.41, 5.74) is 1.10. The van der Waals surface area contributed by atoms with Gasteiger partial charge in [-0.3, -0.25) is 14.4 Å². The third kappa shape index (κ3) is 5.95. The fraction of sp³-hybridized carbons (Fsp3) is 0.750. The van der Waals surface area contributed by atoms with Gasteiger partial charge in [-0.1, -0.05) is 61.5 Å². The van der Waals surface area contributed by atoms with E-state index in [0.717, 1.165) is 70.3 Å². The third-order valence-electron chi connectivity index (χ3n) is 13.8. The first kappa shape index (κ1) is 36.9. The summed E-state index contributed by atoms with van der Waals surface area (Å²) < 4.78 is 6.18. The number of aliphatic hydroxyl groups excluding tert-OH is 1. The van der Waals surface area contributed by atoms with Crippen molar-refractivity contribution >= 4 is 35.3 Å². The van der Waals surface area contributed by atoms with Crippen LogP contribution >= 0.6 is 11.3 Å². The summed E-state index contributed by atoms with van der Waals surface area (Å²) in [7, 11) is 1.00. The Morgan fingerprint density at radius 1 is 1.02 bits per heavy atom. The van der Waals surface area contributed by atoms with E-state index in [9.17, 15) is 19.2 Å². The number of carbonyl (C=O) groups is 4. The number of ether oxygens (including phenoxy) is 1. The first-order chi connectivity index (χ1) is 22.5. The highest BCUT2D eigenvalue weighted by Gasteiger charge is 2.67. The zero-order valence-electron chi connectivity index (χ0n) is 30.7. The smallest absolute Gasteiger partial charge is 0.307 e. The van der Waals surface area contributed by atoms with Crippen molar-refractivity contribution in [3.05, 3.63) is 33.5 Å². The molecule has 6 rings (SSSR count). The lowest BCUT2D eigenvalue weighted by atomic mass is 9.37. The molecule has 0 radical (unpaired) electrons. The second-order valence-corrected chi connectivity index (χ2v) is 18.6. The van der Waals surface area contributed by atoms with Gasteiger partial charge in [0.1, 0.15) is 12.4 Å². The lowest BCUT2D eigenvalue weighted by Gasteiger charge is -2.68. The number of nitrogens with one attached hydrogen (secondary N) is 1. The molecule has 8 unspecified atom stereocenters. The molecule has 0 aliphatic heterocycles. The average Bonchev–Trinajstić information content (AvgIpc) is 3.65. The molecule has 48 heavy (non-hydrogen) atoms. The monoisotopic (exact) mass is 681 g/mol. The van der Waals surface area contributed by atoms with E-state index in [0.29, 0.717) is 35.0 Å². The van der Waals surface area contributed by atoms with Crippen LogP contribution in [0.1, 0.15) is 129 Å². The van der Waals surface area contributed by atoms with Crippen LogP contribution in [-0.2, 0) is 19.1 Å². The minimum absolute atomic E-state index is 0.0499. The first-order valence-corrected chi connectivity index (χ1v) is 19.1. The lowest BCUT2D eigenvalue weighted by molar-refractivity contribution is -0.213. The van der Waals surface area contributed by atoms with E-state index in [4.69, 9.17) is 9.84 Å². The Balaban J connectivity index is 0.00000221. The molecule has 1 amide bonds. The number of amides is 1. The molecule has 8 heteroatoms. The maximum absolute atomic E-state index is 13.7. The maximum atomic E-state index is 13.7. The number of fused-ring (bicyclic) bond motifs is 7. The maximum Gasteiger partial charge on any atom is 0.307 e. The fourth-order valence-corrected chi connectivity index (χ4v) is 12.5. The van der Waals surface area contributed by atoms with E-state index in [1.54, 1.807) is 13.8 Å². The van der Waals surface area contributed by atoms with E-state index < -0.39 is 11.0 Å². The summed E-state index contributed by atoms with van der Waals surface area (Å²) in [5, 5.41) is 12.4. The van der Waals surface area contributed by atoms with Crippen LogP contribution in [0.2, 0.25) is 0 Å². The average molecular weight is 682 g/mol. The molecular weight excluding hydrogens is 623 g/mol. The van der Waals surface area contributed by atoms with Crippen molar-refractivity contribution in [2.75, 3.05) is 7.11 Å². The van der Waals surface area contributed by atoms with Gasteiger partial charge < -0.3 is 20.0 Å². The van der Waals surface area contributed by atoms with Crippen molar-refractivity contribution in [1.29, 1.82) is 0 Å². The molecular formula is C40H59NO6S. The van der Waals surface area contributed by atoms with Gasteiger partial charge in [0.25, 0.3) is 5.91 Å². The van der Waals surface area contributed by atoms with Crippen molar-refractivity contribution in [3.63, 3.8) is 0 Å². The van der Waals surface area contributed by atoms with Gasteiger partial charge in [-0.05, 0) is 114 Å². The van der Waals surface area contributed by atoms with Gasteiger partial charge in [0.2, 0.25) is 0 Å². The number of ketones is 1. The van der Waals surface area contributed by atoms with Gasteiger partial charge >= 0.3 is 5.97 Å². The molecule has 5 aliphatic rings. The molecule has 0 saturated heterocycles. The number of hydrogen-bond donors (Lipinski definition) is 2. The van der Waals surface area contributed by atoms with Crippen LogP contribution < -0.4 is 5.32 Å². The highest BCUT2D eigenvalue weighted by Crippen LogP contribution is 2.72. The minimum atomic E-state index is -0.713. The summed E-state index contributed by atoms with van der Waals surface area (Å²) >= 11 is 1.46. The number of hydrogen-bond acceptors (Lipinski definition) is 7. The summed E-state index contributed by atoms with van der Waals surface area (Å²) in [6.45, 7) is 17.6. The number of aliphatic hydroxyl groups is 1. The van der Waals surface area contributed by atoms with Gasteiger partial charge in [0, 0.05) is 24.4 Å². The molecule has 5 aliphatic carbocycles. The van der Waals surface area contributed by atoms with Gasteiger partial charge in [-0.2, -0.15) is 0 Å². The second-order valence-electron chi connectivity index (χ2n) is 17.7. The van der Waals surface area contributed by atoms with Gasteiger partial charge in [0.05, 0.1) is 16.8 Å². The molecule has 8 atom stereocenters. The van der Waals surface area contributed by atoms with E-state index >= 15 is 0 Å². The van der Waals surface area contributed by atoms with E-state index in [1.165, 1.54) is 16.9 Å². The highest BCUT2D eigenvalue weighted by atomic mass is 32.1. The first-order valence-electron chi connectivity index (χ1n) is 18.2. The lowest BCUT2D eigenvalue weighted by Crippen LogP contribution is -2.64. The zero-order valence-corrected chi connectivity index (χ0v) is 31.6. The van der Waals surface area contributed by atoms with Crippen LogP contribution in [0.4, 0.5) is 0 Å². The Morgan fingerprint density at radius 2 is 1.71 bits per heavy atom. The quantitative estimate of drug-likeness (QED) is 0.223. The van der Waals surface area contributed by atoms with Crippen molar-refractivity contribution in [1.82, 2.24) is 5.32 Å². The number of esters is 1. The van der Waals surface area contributed by atoms with Crippen molar-refractivity contribution < 1.29 is 29.0 Å². The van der Waals surface area contributed by atoms with E-state index in [1.807, 2.05) is 17.5 Å². The SMILES string of the molecule is CC(C)C1=C2C3CCC4C(C)(CCC5C(C)(C)C(OC(=O)CC(C)(C)C=O)CCC54C)C3CCC2(NC(=O)c2cccs2)CC1=O.CO. The Hall–Kier alpha value is -2.32. The summed E-state index contributed by atoms with van der Waals surface area (Å²) in [5.74, 6) is 1.83. The molecule has 0 bridgehead atoms. The molecule has 7 nitrogen and oxygen atoms in total. The van der Waals surface area contributed by atoms with Gasteiger partial charge in [0.15, 0.2) is 5.78 Å².